The van der Waals surface area contributed by atoms with Gasteiger partial charge in [0.1, 0.15) is 12.4 Å². The minimum absolute atomic E-state index is 0. The van der Waals surface area contributed by atoms with Gasteiger partial charge in [-0.1, -0.05) is 12.1 Å². The number of alkyl halides is 3. The molecule has 0 aliphatic carbocycles. The smallest absolute Gasteiger partial charge is 0.390 e. The normalized spacial score (nSPS) is 15.6. The molecule has 0 atom stereocenters. The van der Waals surface area contributed by atoms with Crippen LogP contribution in [0.15, 0.2) is 29.3 Å². The molecule has 1 heterocycles. The van der Waals surface area contributed by atoms with Crippen LogP contribution in [0.25, 0.3) is 0 Å². The highest BCUT2D eigenvalue weighted by Crippen LogP contribution is 2.18. The van der Waals surface area contributed by atoms with Crippen molar-refractivity contribution in [3.8, 4) is 5.75 Å². The molecule has 1 aromatic rings. The van der Waals surface area contributed by atoms with E-state index in [1.807, 2.05) is 24.3 Å². The number of hydrogen-bond donors (Lipinski definition) is 2. The highest BCUT2D eigenvalue weighted by atomic mass is 127. The van der Waals surface area contributed by atoms with Crippen LogP contribution in [0, 0.1) is 0 Å². The van der Waals surface area contributed by atoms with Gasteiger partial charge in [0, 0.05) is 39.8 Å². The largest absolute Gasteiger partial charge is 0.492 e. The van der Waals surface area contributed by atoms with E-state index in [4.69, 9.17) is 9.47 Å². The Labute approximate surface area is 180 Å². The molecule has 1 fully saturated rings. The molecule has 1 saturated heterocycles. The van der Waals surface area contributed by atoms with Gasteiger partial charge < -0.3 is 20.1 Å². The van der Waals surface area contributed by atoms with Gasteiger partial charge in [0.15, 0.2) is 5.96 Å². The molecule has 0 radical (unpaired) electrons. The van der Waals surface area contributed by atoms with Crippen molar-refractivity contribution >= 4 is 29.9 Å². The van der Waals surface area contributed by atoms with Crippen molar-refractivity contribution in [3.05, 3.63) is 29.8 Å². The van der Waals surface area contributed by atoms with E-state index < -0.39 is 12.6 Å². The maximum Gasteiger partial charge on any atom is 0.390 e. The number of halogens is 4. The van der Waals surface area contributed by atoms with Crippen LogP contribution in [0.1, 0.15) is 12.0 Å². The number of ether oxygens (including phenoxy) is 2. The van der Waals surface area contributed by atoms with Gasteiger partial charge in [0.2, 0.25) is 0 Å². The van der Waals surface area contributed by atoms with E-state index in [1.165, 1.54) is 7.05 Å². The number of rotatable bonds is 8. The summed E-state index contributed by atoms with van der Waals surface area (Å²) in [5.41, 5.74) is 0.956. The number of nitrogens with zero attached hydrogens (tertiary/aromatic N) is 2. The van der Waals surface area contributed by atoms with Gasteiger partial charge in [-0.2, -0.15) is 13.2 Å². The molecule has 6 nitrogen and oxygen atoms in total. The van der Waals surface area contributed by atoms with Gasteiger partial charge >= 0.3 is 6.18 Å². The number of aliphatic imine (C=N–C) groups is 1. The van der Waals surface area contributed by atoms with Crippen molar-refractivity contribution in [2.45, 2.75) is 19.1 Å². The first-order valence-corrected chi connectivity index (χ1v) is 8.99. The Kier molecular flexibility index (Phi) is 11.5. The fourth-order valence-corrected chi connectivity index (χ4v) is 2.59. The van der Waals surface area contributed by atoms with Crippen LogP contribution in [0.4, 0.5) is 13.2 Å². The van der Waals surface area contributed by atoms with Crippen LogP contribution in [-0.2, 0) is 11.3 Å². The summed E-state index contributed by atoms with van der Waals surface area (Å²) in [6, 6.07) is 7.61. The predicted molar refractivity (Wildman–Crippen MR) is 113 cm³/mol. The first-order chi connectivity index (χ1) is 13.0. The third-order valence-electron chi connectivity index (χ3n) is 4.06. The summed E-state index contributed by atoms with van der Waals surface area (Å²) in [6.07, 6.45) is -5.08. The van der Waals surface area contributed by atoms with Crippen LogP contribution in [0.3, 0.4) is 0 Å². The van der Waals surface area contributed by atoms with Crippen molar-refractivity contribution in [2.24, 2.45) is 4.99 Å². The number of benzene rings is 1. The quantitative estimate of drug-likeness (QED) is 0.316. The van der Waals surface area contributed by atoms with Crippen molar-refractivity contribution in [2.75, 3.05) is 53.0 Å². The average Bonchev–Trinajstić information content (AvgIpc) is 2.65. The molecule has 1 aromatic carbocycles. The van der Waals surface area contributed by atoms with E-state index in [-0.39, 0.29) is 30.5 Å². The van der Waals surface area contributed by atoms with Crippen molar-refractivity contribution in [1.82, 2.24) is 15.5 Å². The summed E-state index contributed by atoms with van der Waals surface area (Å²) < 4.78 is 47.7. The number of nitrogens with one attached hydrogen (secondary N) is 2. The standard InChI is InChI=1S/C18H27F3N4O2.HI/c1-22-17(23-6-5-18(19,20)21)24-14-15-3-2-4-16(13-15)27-12-9-25-7-10-26-11-8-25;/h2-4,13H,5-12,14H2,1H3,(H2,22,23,24);1H. The summed E-state index contributed by atoms with van der Waals surface area (Å²) in [5, 5.41) is 5.65. The molecule has 0 amide bonds. The minimum Gasteiger partial charge on any atom is -0.492 e. The second kappa shape index (κ2) is 13.0. The zero-order valence-corrected chi connectivity index (χ0v) is 18.3. The highest BCUT2D eigenvalue weighted by Gasteiger charge is 2.26. The molecule has 0 aromatic heterocycles. The van der Waals surface area contributed by atoms with Crippen LogP contribution in [0.2, 0.25) is 0 Å². The lowest BCUT2D eigenvalue weighted by Gasteiger charge is -2.26. The zero-order valence-electron chi connectivity index (χ0n) is 15.9. The predicted octanol–water partition coefficient (Wildman–Crippen LogP) is 2.63. The molecule has 0 bridgehead atoms. The van der Waals surface area contributed by atoms with E-state index >= 15 is 0 Å². The van der Waals surface area contributed by atoms with Gasteiger partial charge in [-0.15, -0.1) is 24.0 Å². The molecule has 0 spiro atoms. The molecule has 160 valence electrons. The lowest BCUT2D eigenvalue weighted by molar-refractivity contribution is -0.132. The molecule has 0 unspecified atom stereocenters. The van der Waals surface area contributed by atoms with E-state index in [2.05, 4.69) is 20.5 Å². The highest BCUT2D eigenvalue weighted by molar-refractivity contribution is 14.0. The van der Waals surface area contributed by atoms with Crippen molar-refractivity contribution in [1.29, 1.82) is 0 Å². The maximum absolute atomic E-state index is 12.2. The van der Waals surface area contributed by atoms with E-state index in [0.717, 1.165) is 44.2 Å². The Balaban J connectivity index is 0.00000392. The Morgan fingerprint density at radius 2 is 2.00 bits per heavy atom. The van der Waals surface area contributed by atoms with Crippen molar-refractivity contribution < 1.29 is 22.6 Å². The topological polar surface area (TPSA) is 58.1 Å². The fraction of sp³-hybridized carbons (Fsp3) is 0.611. The van der Waals surface area contributed by atoms with Crippen LogP contribution in [-0.4, -0.2) is 70.1 Å². The SMILES string of the molecule is CN=C(NCCC(F)(F)F)NCc1cccc(OCCN2CCOCC2)c1.I. The van der Waals surface area contributed by atoms with Crippen LogP contribution < -0.4 is 15.4 Å². The third kappa shape index (κ3) is 10.3. The number of morpholine rings is 1. The summed E-state index contributed by atoms with van der Waals surface area (Å²) in [5.74, 6) is 1.10. The second-order valence-corrected chi connectivity index (χ2v) is 6.17. The van der Waals surface area contributed by atoms with Gasteiger partial charge in [-0.05, 0) is 17.7 Å². The monoisotopic (exact) mass is 516 g/mol. The summed E-state index contributed by atoms with van der Waals surface area (Å²) in [4.78, 5) is 6.22. The summed E-state index contributed by atoms with van der Waals surface area (Å²) in [6.45, 7) is 5.04. The van der Waals surface area contributed by atoms with Gasteiger partial charge in [-0.3, -0.25) is 9.89 Å². The lowest BCUT2D eigenvalue weighted by atomic mass is 10.2. The summed E-state index contributed by atoms with van der Waals surface area (Å²) in [7, 11) is 1.52. The Hall–Kier alpha value is -1.27. The first kappa shape index (κ1) is 24.8. The van der Waals surface area contributed by atoms with Gasteiger partial charge in [0.05, 0.1) is 19.6 Å². The molecular formula is C18H28F3IN4O2. The number of guanidine groups is 1. The van der Waals surface area contributed by atoms with Crippen LogP contribution >= 0.6 is 24.0 Å². The lowest BCUT2D eigenvalue weighted by Crippen LogP contribution is -2.38. The Morgan fingerprint density at radius 3 is 2.68 bits per heavy atom. The third-order valence-corrected chi connectivity index (χ3v) is 4.06. The summed E-state index contributed by atoms with van der Waals surface area (Å²) >= 11 is 0. The van der Waals surface area contributed by atoms with Crippen LogP contribution in [0.5, 0.6) is 5.75 Å². The maximum atomic E-state index is 12.2. The average molecular weight is 516 g/mol. The van der Waals surface area contributed by atoms with E-state index in [0.29, 0.717) is 19.1 Å². The molecule has 2 rings (SSSR count). The Bertz CT molecular complexity index is 596. The van der Waals surface area contributed by atoms with Crippen molar-refractivity contribution in [3.63, 3.8) is 0 Å². The fourth-order valence-electron chi connectivity index (χ4n) is 2.59. The van der Waals surface area contributed by atoms with E-state index in [9.17, 15) is 13.2 Å². The van der Waals surface area contributed by atoms with Gasteiger partial charge in [-0.25, -0.2) is 0 Å². The molecule has 1 aliphatic heterocycles. The molecule has 28 heavy (non-hydrogen) atoms. The Morgan fingerprint density at radius 1 is 1.25 bits per heavy atom. The number of hydrogen-bond acceptors (Lipinski definition) is 4. The molecule has 0 saturated carbocycles. The molecule has 1 aliphatic rings. The molecular weight excluding hydrogens is 488 g/mol. The zero-order chi connectivity index (χ0) is 19.5. The first-order valence-electron chi connectivity index (χ1n) is 8.99. The second-order valence-electron chi connectivity index (χ2n) is 6.17. The minimum atomic E-state index is -4.18. The van der Waals surface area contributed by atoms with E-state index in [1.54, 1.807) is 0 Å². The molecule has 10 heteroatoms. The molecule has 2 N–H and O–H groups in total. The van der Waals surface area contributed by atoms with Gasteiger partial charge in [0.25, 0.3) is 0 Å².